The average molecular weight is 413 g/mol. The van der Waals surface area contributed by atoms with E-state index in [1.165, 1.54) is 6.26 Å². The minimum absolute atomic E-state index is 0.143. The molecule has 0 spiro atoms. The Morgan fingerprint density at radius 2 is 1.69 bits per heavy atom. The summed E-state index contributed by atoms with van der Waals surface area (Å²) in [5.41, 5.74) is 2.27. The van der Waals surface area contributed by atoms with Gasteiger partial charge in [0.25, 0.3) is 5.91 Å². The topological polar surface area (TPSA) is 71.3 Å². The maximum absolute atomic E-state index is 12.9. The van der Waals surface area contributed by atoms with Gasteiger partial charge < -0.3 is 15.1 Å². The predicted octanol–water partition coefficient (Wildman–Crippen LogP) is 4.40. The monoisotopic (exact) mass is 412 g/mol. The SMILES string of the molecule is Cc1ccc(C(=O)[C@H](NC(=O)c2ccco2)Nc2ccc(Br)cc2)cc1. The van der Waals surface area contributed by atoms with Gasteiger partial charge >= 0.3 is 0 Å². The van der Waals surface area contributed by atoms with Crippen molar-refractivity contribution >= 4 is 33.3 Å². The molecule has 0 bridgehead atoms. The second-order valence-corrected chi connectivity index (χ2v) is 6.68. The highest BCUT2D eigenvalue weighted by atomic mass is 79.9. The predicted molar refractivity (Wildman–Crippen MR) is 103 cm³/mol. The molecule has 0 fully saturated rings. The van der Waals surface area contributed by atoms with Crippen LogP contribution in [-0.4, -0.2) is 17.9 Å². The molecule has 26 heavy (non-hydrogen) atoms. The van der Waals surface area contributed by atoms with E-state index in [4.69, 9.17) is 4.42 Å². The number of rotatable bonds is 6. The molecule has 2 aromatic carbocycles. The molecule has 5 nitrogen and oxygen atoms in total. The van der Waals surface area contributed by atoms with E-state index in [-0.39, 0.29) is 11.5 Å². The lowest BCUT2D eigenvalue weighted by atomic mass is 10.1. The number of benzene rings is 2. The summed E-state index contributed by atoms with van der Waals surface area (Å²) in [5, 5.41) is 5.76. The maximum atomic E-state index is 12.9. The first-order chi connectivity index (χ1) is 12.5. The van der Waals surface area contributed by atoms with E-state index >= 15 is 0 Å². The smallest absolute Gasteiger partial charge is 0.288 e. The molecule has 1 amide bonds. The Labute approximate surface area is 159 Å². The molecule has 0 radical (unpaired) electrons. The van der Waals surface area contributed by atoms with E-state index in [1.54, 1.807) is 24.3 Å². The van der Waals surface area contributed by atoms with Crippen LogP contribution in [0.5, 0.6) is 0 Å². The molecule has 0 unspecified atom stereocenters. The molecule has 6 heteroatoms. The van der Waals surface area contributed by atoms with Crippen molar-refractivity contribution in [2.45, 2.75) is 13.1 Å². The molecule has 1 heterocycles. The van der Waals surface area contributed by atoms with Crippen LogP contribution in [0.4, 0.5) is 5.69 Å². The van der Waals surface area contributed by atoms with E-state index < -0.39 is 12.1 Å². The van der Waals surface area contributed by atoms with Gasteiger partial charge in [-0.25, -0.2) is 0 Å². The van der Waals surface area contributed by atoms with Gasteiger partial charge in [-0.05, 0) is 43.3 Å². The first kappa shape index (κ1) is 17.9. The molecular weight excluding hydrogens is 396 g/mol. The lowest BCUT2D eigenvalue weighted by Gasteiger charge is -2.20. The summed E-state index contributed by atoms with van der Waals surface area (Å²) in [6, 6.07) is 17.7. The zero-order valence-corrected chi connectivity index (χ0v) is 15.6. The minimum atomic E-state index is -0.934. The fraction of sp³-hybridized carbons (Fsp3) is 0.100. The third-order valence-electron chi connectivity index (χ3n) is 3.77. The lowest BCUT2D eigenvalue weighted by molar-refractivity contribution is 0.0853. The summed E-state index contributed by atoms with van der Waals surface area (Å²) in [7, 11) is 0. The van der Waals surface area contributed by atoms with Gasteiger partial charge in [-0.3, -0.25) is 9.59 Å². The van der Waals surface area contributed by atoms with Crippen molar-refractivity contribution in [1.82, 2.24) is 5.32 Å². The van der Waals surface area contributed by atoms with Crippen LogP contribution in [0, 0.1) is 6.92 Å². The molecule has 3 aromatic rings. The number of Topliss-reactive ketones (excluding diaryl/α,β-unsaturated/α-hetero) is 1. The lowest BCUT2D eigenvalue weighted by Crippen LogP contribution is -2.46. The van der Waals surface area contributed by atoms with E-state index in [1.807, 2.05) is 43.3 Å². The summed E-state index contributed by atoms with van der Waals surface area (Å²) in [5.74, 6) is -0.567. The van der Waals surface area contributed by atoms with Gasteiger partial charge in [-0.15, -0.1) is 0 Å². The number of furan rings is 1. The molecular formula is C20H17BrN2O3. The first-order valence-electron chi connectivity index (χ1n) is 8.00. The number of aryl methyl sites for hydroxylation is 1. The quantitative estimate of drug-likeness (QED) is 0.464. The number of anilines is 1. The Hall–Kier alpha value is -2.86. The average Bonchev–Trinajstić information content (AvgIpc) is 3.18. The van der Waals surface area contributed by atoms with Crippen LogP contribution in [0.1, 0.15) is 26.5 Å². The molecule has 1 aromatic heterocycles. The highest BCUT2D eigenvalue weighted by Gasteiger charge is 2.23. The minimum Gasteiger partial charge on any atom is -0.459 e. The maximum Gasteiger partial charge on any atom is 0.288 e. The van der Waals surface area contributed by atoms with Crippen molar-refractivity contribution in [2.24, 2.45) is 0 Å². The summed E-state index contributed by atoms with van der Waals surface area (Å²) >= 11 is 3.37. The van der Waals surface area contributed by atoms with Crippen molar-refractivity contribution < 1.29 is 14.0 Å². The number of nitrogens with one attached hydrogen (secondary N) is 2. The molecule has 0 aliphatic heterocycles. The van der Waals surface area contributed by atoms with Crippen molar-refractivity contribution in [3.63, 3.8) is 0 Å². The van der Waals surface area contributed by atoms with Gasteiger partial charge in [0.15, 0.2) is 11.9 Å². The number of hydrogen-bond acceptors (Lipinski definition) is 4. The van der Waals surface area contributed by atoms with Crippen LogP contribution in [0.2, 0.25) is 0 Å². The molecule has 2 N–H and O–H groups in total. The van der Waals surface area contributed by atoms with Crippen LogP contribution >= 0.6 is 15.9 Å². The molecule has 1 atom stereocenters. The third-order valence-corrected chi connectivity index (χ3v) is 4.30. The molecule has 132 valence electrons. The van der Waals surface area contributed by atoms with Crippen LogP contribution < -0.4 is 10.6 Å². The Kier molecular flexibility index (Phi) is 5.53. The van der Waals surface area contributed by atoms with E-state index in [0.717, 1.165) is 10.0 Å². The van der Waals surface area contributed by atoms with Crippen LogP contribution in [0.15, 0.2) is 75.8 Å². The van der Waals surface area contributed by atoms with Crippen molar-refractivity contribution in [3.05, 3.63) is 88.3 Å². The highest BCUT2D eigenvalue weighted by Crippen LogP contribution is 2.16. The Morgan fingerprint density at radius 3 is 2.31 bits per heavy atom. The molecule has 0 aliphatic carbocycles. The standard InChI is InChI=1S/C20H17BrN2O3/c1-13-4-6-14(7-5-13)18(24)19(22-16-10-8-15(21)9-11-16)23-20(25)17-3-2-12-26-17/h2-12,19,22H,1H3,(H,23,25)/t19-/m0/s1. The zero-order chi connectivity index (χ0) is 18.5. The van der Waals surface area contributed by atoms with Gasteiger partial charge in [-0.1, -0.05) is 45.8 Å². The number of halogens is 1. The zero-order valence-electron chi connectivity index (χ0n) is 14.0. The summed E-state index contributed by atoms with van der Waals surface area (Å²) in [6.07, 6.45) is 0.477. The van der Waals surface area contributed by atoms with E-state index in [0.29, 0.717) is 11.3 Å². The van der Waals surface area contributed by atoms with Crippen LogP contribution in [0.25, 0.3) is 0 Å². The summed E-state index contributed by atoms with van der Waals surface area (Å²) < 4.78 is 6.03. The molecule has 0 aliphatic rings. The van der Waals surface area contributed by atoms with E-state index in [9.17, 15) is 9.59 Å². The number of carbonyl (C=O) groups is 2. The van der Waals surface area contributed by atoms with Crippen LogP contribution in [0.3, 0.4) is 0 Å². The van der Waals surface area contributed by atoms with Gasteiger partial charge in [-0.2, -0.15) is 0 Å². The first-order valence-corrected chi connectivity index (χ1v) is 8.79. The van der Waals surface area contributed by atoms with Crippen molar-refractivity contribution in [3.8, 4) is 0 Å². The van der Waals surface area contributed by atoms with Crippen molar-refractivity contribution in [2.75, 3.05) is 5.32 Å². The van der Waals surface area contributed by atoms with Gasteiger partial charge in [0.05, 0.1) is 6.26 Å². The van der Waals surface area contributed by atoms with Gasteiger partial charge in [0.1, 0.15) is 0 Å². The fourth-order valence-electron chi connectivity index (χ4n) is 2.37. The number of ketones is 1. The highest BCUT2D eigenvalue weighted by molar-refractivity contribution is 9.10. The Morgan fingerprint density at radius 1 is 1.00 bits per heavy atom. The van der Waals surface area contributed by atoms with Gasteiger partial charge in [0.2, 0.25) is 5.78 Å². The number of hydrogen-bond donors (Lipinski definition) is 2. The number of amides is 1. The van der Waals surface area contributed by atoms with Crippen LogP contribution in [-0.2, 0) is 0 Å². The Bertz CT molecular complexity index is 888. The normalized spacial score (nSPS) is 11.6. The number of carbonyl (C=O) groups excluding carboxylic acids is 2. The largest absolute Gasteiger partial charge is 0.459 e. The molecule has 3 rings (SSSR count). The Balaban J connectivity index is 1.84. The second kappa shape index (κ2) is 8.01. The molecule has 0 saturated carbocycles. The third kappa shape index (κ3) is 4.40. The second-order valence-electron chi connectivity index (χ2n) is 5.77. The fourth-order valence-corrected chi connectivity index (χ4v) is 2.64. The van der Waals surface area contributed by atoms with Gasteiger partial charge in [0, 0.05) is 15.7 Å². The van der Waals surface area contributed by atoms with E-state index in [2.05, 4.69) is 26.6 Å². The summed E-state index contributed by atoms with van der Waals surface area (Å²) in [4.78, 5) is 25.3. The van der Waals surface area contributed by atoms with Crippen molar-refractivity contribution in [1.29, 1.82) is 0 Å². The molecule has 0 saturated heterocycles. The summed E-state index contributed by atoms with van der Waals surface area (Å²) in [6.45, 7) is 1.95.